The third-order valence-corrected chi connectivity index (χ3v) is 3.87. The first kappa shape index (κ1) is 14.4. The average Bonchev–Trinajstić information content (AvgIpc) is 2.45. The monoisotopic (exact) mass is 354 g/mol. The normalized spacial score (nSPS) is 11.4. The molecule has 0 heterocycles. The van der Waals surface area contributed by atoms with E-state index in [1.54, 1.807) is 11.8 Å². The largest absolute Gasteiger partial charge is 0.277 e. The fourth-order valence-electron chi connectivity index (χ4n) is 1.50. The topological polar surface area (TPSA) is 24.4 Å². The van der Waals surface area contributed by atoms with E-state index in [4.69, 9.17) is 11.6 Å². The molecule has 0 aromatic heterocycles. The molecular weight excluding hydrogens is 344 g/mol. The van der Waals surface area contributed by atoms with E-state index in [0.29, 0.717) is 5.17 Å². The minimum Gasteiger partial charge on any atom is -0.277 e. The van der Waals surface area contributed by atoms with E-state index in [0.717, 1.165) is 20.6 Å². The van der Waals surface area contributed by atoms with Crippen LogP contribution in [0.1, 0.15) is 5.56 Å². The second-order valence-electron chi connectivity index (χ2n) is 3.76. The third kappa shape index (κ3) is 4.27. The van der Waals surface area contributed by atoms with Gasteiger partial charge in [-0.3, -0.25) is 5.43 Å². The van der Waals surface area contributed by atoms with Gasteiger partial charge in [-0.05, 0) is 24.5 Å². The molecule has 0 aliphatic heterocycles. The summed E-state index contributed by atoms with van der Waals surface area (Å²) in [4.78, 5) is 1.16. The van der Waals surface area contributed by atoms with E-state index in [1.165, 1.54) is 0 Å². The molecule has 0 saturated carbocycles. The second kappa shape index (κ2) is 6.98. The fraction of sp³-hybridized carbons (Fsp3) is 0.0714. The molecular formula is C14H12BrClN2S. The maximum atomic E-state index is 6.14. The molecule has 2 rings (SSSR count). The Bertz CT molecular complexity index is 587. The molecule has 0 amide bonds. The number of hydrogen-bond acceptors (Lipinski definition) is 3. The van der Waals surface area contributed by atoms with Crippen molar-refractivity contribution in [1.29, 1.82) is 0 Å². The van der Waals surface area contributed by atoms with Crippen LogP contribution in [0.15, 0.2) is 63.0 Å². The van der Waals surface area contributed by atoms with E-state index >= 15 is 0 Å². The van der Waals surface area contributed by atoms with Crippen LogP contribution in [0.5, 0.6) is 0 Å². The Morgan fingerprint density at radius 3 is 2.63 bits per heavy atom. The van der Waals surface area contributed by atoms with Crippen LogP contribution < -0.4 is 5.43 Å². The maximum Gasteiger partial charge on any atom is 0.156 e. The standard InChI is InChI=1S/C14H12BrClN2S/c1-19-13-8-11(15)7-12(9-13)17-18-14(16)10-5-3-2-4-6-10/h2-9,17H,1H3. The lowest BCUT2D eigenvalue weighted by Gasteiger charge is -2.05. The van der Waals surface area contributed by atoms with Gasteiger partial charge >= 0.3 is 0 Å². The Hall–Kier alpha value is -0.970. The van der Waals surface area contributed by atoms with Crippen molar-refractivity contribution in [2.45, 2.75) is 4.90 Å². The highest BCUT2D eigenvalue weighted by Gasteiger charge is 2.00. The summed E-state index contributed by atoms with van der Waals surface area (Å²) in [7, 11) is 0. The number of hydrogen-bond donors (Lipinski definition) is 1. The van der Waals surface area contributed by atoms with Gasteiger partial charge in [0.2, 0.25) is 0 Å². The van der Waals surface area contributed by atoms with Crippen LogP contribution in [-0.4, -0.2) is 11.4 Å². The Balaban J connectivity index is 2.16. The van der Waals surface area contributed by atoms with E-state index in [2.05, 4.69) is 32.5 Å². The fourth-order valence-corrected chi connectivity index (χ4v) is 2.80. The predicted molar refractivity (Wildman–Crippen MR) is 88.4 cm³/mol. The van der Waals surface area contributed by atoms with Crippen molar-refractivity contribution in [2.24, 2.45) is 5.10 Å². The van der Waals surface area contributed by atoms with E-state index in [1.807, 2.05) is 48.7 Å². The molecule has 0 radical (unpaired) electrons. The van der Waals surface area contributed by atoms with E-state index < -0.39 is 0 Å². The molecule has 98 valence electrons. The lowest BCUT2D eigenvalue weighted by Crippen LogP contribution is -1.97. The highest BCUT2D eigenvalue weighted by atomic mass is 79.9. The van der Waals surface area contributed by atoms with Crippen LogP contribution >= 0.6 is 39.3 Å². The number of benzene rings is 2. The van der Waals surface area contributed by atoms with Gasteiger partial charge in [-0.1, -0.05) is 57.9 Å². The number of thioether (sulfide) groups is 1. The minimum atomic E-state index is 0.436. The van der Waals surface area contributed by atoms with Crippen LogP contribution in [0.25, 0.3) is 0 Å². The molecule has 0 atom stereocenters. The summed E-state index contributed by atoms with van der Waals surface area (Å²) in [6.45, 7) is 0. The SMILES string of the molecule is CSc1cc(Br)cc(NN=C(Cl)c2ccccc2)c1. The zero-order valence-corrected chi connectivity index (χ0v) is 13.4. The highest BCUT2D eigenvalue weighted by Crippen LogP contribution is 2.25. The van der Waals surface area contributed by atoms with Crippen LogP contribution in [0.3, 0.4) is 0 Å². The molecule has 0 spiro atoms. The number of nitrogens with one attached hydrogen (secondary N) is 1. The number of rotatable bonds is 4. The highest BCUT2D eigenvalue weighted by molar-refractivity contribution is 9.10. The minimum absolute atomic E-state index is 0.436. The Kier molecular flexibility index (Phi) is 5.31. The third-order valence-electron chi connectivity index (χ3n) is 2.40. The maximum absolute atomic E-state index is 6.14. The van der Waals surface area contributed by atoms with Crippen molar-refractivity contribution in [3.63, 3.8) is 0 Å². The molecule has 0 aliphatic rings. The van der Waals surface area contributed by atoms with Gasteiger partial charge in [0, 0.05) is 14.9 Å². The van der Waals surface area contributed by atoms with Crippen molar-refractivity contribution in [2.75, 3.05) is 11.7 Å². The molecule has 0 saturated heterocycles. The lowest BCUT2D eigenvalue weighted by atomic mass is 10.2. The van der Waals surface area contributed by atoms with Crippen molar-refractivity contribution in [3.8, 4) is 0 Å². The van der Waals surface area contributed by atoms with Gasteiger partial charge in [0.1, 0.15) is 0 Å². The first-order chi connectivity index (χ1) is 9.19. The van der Waals surface area contributed by atoms with Crippen molar-refractivity contribution in [3.05, 3.63) is 58.6 Å². The van der Waals surface area contributed by atoms with Crippen LogP contribution in [0.4, 0.5) is 5.69 Å². The van der Waals surface area contributed by atoms with Crippen molar-refractivity contribution < 1.29 is 0 Å². The molecule has 2 aromatic rings. The molecule has 5 heteroatoms. The Morgan fingerprint density at radius 1 is 1.21 bits per heavy atom. The van der Waals surface area contributed by atoms with Gasteiger partial charge in [0.05, 0.1) is 5.69 Å². The van der Waals surface area contributed by atoms with Crippen LogP contribution in [-0.2, 0) is 0 Å². The molecule has 0 aliphatic carbocycles. The predicted octanol–water partition coefficient (Wildman–Crippen LogP) is 5.18. The molecule has 1 N–H and O–H groups in total. The Morgan fingerprint density at radius 2 is 1.95 bits per heavy atom. The van der Waals surface area contributed by atoms with Crippen molar-refractivity contribution >= 4 is 50.2 Å². The van der Waals surface area contributed by atoms with Crippen LogP contribution in [0, 0.1) is 0 Å². The van der Waals surface area contributed by atoms with Crippen molar-refractivity contribution in [1.82, 2.24) is 0 Å². The van der Waals surface area contributed by atoms with Gasteiger partial charge in [0.25, 0.3) is 0 Å². The molecule has 19 heavy (non-hydrogen) atoms. The lowest BCUT2D eigenvalue weighted by molar-refractivity contribution is 1.31. The molecule has 2 aromatic carbocycles. The van der Waals surface area contributed by atoms with Crippen LogP contribution in [0.2, 0.25) is 0 Å². The quantitative estimate of drug-likeness (QED) is 0.464. The summed E-state index contributed by atoms with van der Waals surface area (Å²) in [6, 6.07) is 15.7. The van der Waals surface area contributed by atoms with Gasteiger partial charge in [-0.2, -0.15) is 5.10 Å². The number of anilines is 1. The molecule has 0 bridgehead atoms. The summed E-state index contributed by atoms with van der Waals surface area (Å²) < 4.78 is 1.01. The van der Waals surface area contributed by atoms with E-state index in [-0.39, 0.29) is 0 Å². The second-order valence-corrected chi connectivity index (χ2v) is 5.91. The zero-order valence-electron chi connectivity index (χ0n) is 10.2. The Labute approximate surface area is 130 Å². The van der Waals surface area contributed by atoms with Gasteiger partial charge in [-0.15, -0.1) is 11.8 Å². The van der Waals surface area contributed by atoms with E-state index in [9.17, 15) is 0 Å². The molecule has 2 nitrogen and oxygen atoms in total. The smallest absolute Gasteiger partial charge is 0.156 e. The summed E-state index contributed by atoms with van der Waals surface area (Å²) >= 11 is 11.3. The summed E-state index contributed by atoms with van der Waals surface area (Å²) in [5.41, 5.74) is 4.75. The average molecular weight is 356 g/mol. The first-order valence-corrected chi connectivity index (χ1v) is 7.98. The van der Waals surface area contributed by atoms with Gasteiger partial charge < -0.3 is 0 Å². The first-order valence-electron chi connectivity index (χ1n) is 5.58. The molecule has 0 fully saturated rings. The summed E-state index contributed by atoms with van der Waals surface area (Å²) in [6.07, 6.45) is 2.03. The number of halogens is 2. The summed E-state index contributed by atoms with van der Waals surface area (Å²) in [5, 5.41) is 4.62. The number of hydrazone groups is 1. The zero-order chi connectivity index (χ0) is 13.7. The van der Waals surface area contributed by atoms with Gasteiger partial charge in [0.15, 0.2) is 5.17 Å². The number of nitrogens with zero attached hydrogens (tertiary/aromatic N) is 1. The summed E-state index contributed by atoms with van der Waals surface area (Å²) in [5.74, 6) is 0. The molecule has 0 unspecified atom stereocenters. The van der Waals surface area contributed by atoms with Gasteiger partial charge in [-0.25, -0.2) is 0 Å².